The van der Waals surface area contributed by atoms with Gasteiger partial charge in [-0.05, 0) is 40.5 Å². The number of anilines is 2. The Morgan fingerprint density at radius 3 is 2.86 bits per heavy atom. The van der Waals surface area contributed by atoms with E-state index in [-0.39, 0.29) is 0 Å². The Kier molecular flexibility index (Phi) is 5.89. The molecule has 5 nitrogen and oxygen atoms in total. The summed E-state index contributed by atoms with van der Waals surface area (Å²) >= 11 is 3.54. The maximum absolute atomic E-state index is 6.21. The zero-order valence-electron chi connectivity index (χ0n) is 12.7. The van der Waals surface area contributed by atoms with Crippen LogP contribution in [-0.4, -0.2) is 18.6 Å². The number of halogens is 1. The van der Waals surface area contributed by atoms with Crippen molar-refractivity contribution in [3.63, 3.8) is 0 Å². The lowest BCUT2D eigenvalue weighted by Gasteiger charge is -2.17. The lowest BCUT2D eigenvalue weighted by atomic mass is 10.1. The average molecular weight is 366 g/mol. The summed E-state index contributed by atoms with van der Waals surface area (Å²) in [6.45, 7) is 3.31. The van der Waals surface area contributed by atoms with Crippen molar-refractivity contribution >= 4 is 27.3 Å². The minimum absolute atomic E-state index is 0.376. The van der Waals surface area contributed by atoms with Crippen molar-refractivity contribution in [3.05, 3.63) is 40.6 Å². The number of hydrogen-bond donors (Lipinski definition) is 2. The van der Waals surface area contributed by atoms with Crippen LogP contribution in [0.15, 0.2) is 35.1 Å². The van der Waals surface area contributed by atoms with Crippen LogP contribution in [0, 0.1) is 0 Å². The van der Waals surface area contributed by atoms with Gasteiger partial charge >= 0.3 is 0 Å². The minimum Gasteiger partial charge on any atom is -0.494 e. The molecule has 6 heteroatoms. The Bertz CT molecular complexity index is 621. The monoisotopic (exact) mass is 365 g/mol. The third-order valence-corrected chi connectivity index (χ3v) is 4.08. The molecule has 1 aromatic carbocycles. The predicted octanol–water partition coefficient (Wildman–Crippen LogP) is 3.84. The molecule has 3 N–H and O–H groups in total. The molecule has 2 aromatic rings. The van der Waals surface area contributed by atoms with Crippen LogP contribution in [-0.2, 0) is 6.61 Å². The Labute approximate surface area is 139 Å². The van der Waals surface area contributed by atoms with E-state index in [2.05, 4.69) is 33.2 Å². The van der Waals surface area contributed by atoms with Gasteiger partial charge in [0.2, 0.25) is 0 Å². The number of rotatable bonds is 7. The number of nitrogens with zero attached hydrogens (tertiary/aromatic N) is 1. The van der Waals surface area contributed by atoms with Gasteiger partial charge in [-0.1, -0.05) is 6.92 Å². The standard InChI is InChI=1S/C16H20BrN3O2/c1-3-6-20-16-13(21-2)8-11(14(17)15(16)18)10-22-12-5-4-7-19-9-12/h4-5,7-9,20H,3,6,10,18H2,1-2H3. The van der Waals surface area contributed by atoms with E-state index in [0.717, 1.165) is 28.7 Å². The Balaban J connectivity index is 2.23. The van der Waals surface area contributed by atoms with Gasteiger partial charge in [-0.25, -0.2) is 0 Å². The molecule has 0 aliphatic carbocycles. The fraction of sp³-hybridized carbons (Fsp3) is 0.312. The molecule has 0 atom stereocenters. The zero-order chi connectivity index (χ0) is 15.9. The Morgan fingerprint density at radius 2 is 2.23 bits per heavy atom. The second-order valence-corrected chi connectivity index (χ2v) is 5.54. The van der Waals surface area contributed by atoms with E-state index in [9.17, 15) is 0 Å². The highest BCUT2D eigenvalue weighted by molar-refractivity contribution is 9.10. The first-order valence-corrected chi connectivity index (χ1v) is 7.88. The third kappa shape index (κ3) is 3.82. The van der Waals surface area contributed by atoms with E-state index in [4.69, 9.17) is 15.2 Å². The summed E-state index contributed by atoms with van der Waals surface area (Å²) in [4.78, 5) is 4.02. The van der Waals surface area contributed by atoms with Crippen LogP contribution in [0.4, 0.5) is 11.4 Å². The summed E-state index contributed by atoms with van der Waals surface area (Å²) in [7, 11) is 1.63. The minimum atomic E-state index is 0.376. The van der Waals surface area contributed by atoms with E-state index in [1.165, 1.54) is 0 Å². The molecule has 1 heterocycles. The fourth-order valence-corrected chi connectivity index (χ4v) is 2.43. The second-order valence-electron chi connectivity index (χ2n) is 4.74. The quantitative estimate of drug-likeness (QED) is 0.729. The van der Waals surface area contributed by atoms with Crippen molar-refractivity contribution < 1.29 is 9.47 Å². The van der Waals surface area contributed by atoms with Crippen LogP contribution in [0.3, 0.4) is 0 Å². The second kappa shape index (κ2) is 7.89. The summed E-state index contributed by atoms with van der Waals surface area (Å²) in [5.74, 6) is 1.42. The Morgan fingerprint density at radius 1 is 1.41 bits per heavy atom. The molecule has 0 amide bonds. The van der Waals surface area contributed by atoms with Crippen molar-refractivity contribution in [1.29, 1.82) is 0 Å². The van der Waals surface area contributed by atoms with Crippen molar-refractivity contribution in [2.45, 2.75) is 20.0 Å². The highest BCUT2D eigenvalue weighted by atomic mass is 79.9. The van der Waals surface area contributed by atoms with E-state index < -0.39 is 0 Å². The van der Waals surface area contributed by atoms with Crippen LogP contribution >= 0.6 is 15.9 Å². The van der Waals surface area contributed by atoms with Gasteiger partial charge in [0.25, 0.3) is 0 Å². The number of pyridine rings is 1. The SMILES string of the molecule is CCCNc1c(OC)cc(COc2cccnc2)c(Br)c1N. The molecule has 0 bridgehead atoms. The smallest absolute Gasteiger partial charge is 0.144 e. The number of nitrogens with two attached hydrogens (primary N) is 1. The number of aromatic nitrogens is 1. The molecule has 0 aliphatic heterocycles. The highest BCUT2D eigenvalue weighted by Gasteiger charge is 2.15. The molecule has 1 aromatic heterocycles. The number of ether oxygens (including phenoxy) is 2. The molecule has 0 radical (unpaired) electrons. The van der Waals surface area contributed by atoms with Gasteiger partial charge in [0, 0.05) is 22.8 Å². The van der Waals surface area contributed by atoms with Gasteiger partial charge in [-0.3, -0.25) is 4.98 Å². The summed E-state index contributed by atoms with van der Waals surface area (Å²) in [5, 5.41) is 3.29. The first-order chi connectivity index (χ1) is 10.7. The van der Waals surface area contributed by atoms with Gasteiger partial charge in [0.1, 0.15) is 23.8 Å². The molecule has 118 valence electrons. The topological polar surface area (TPSA) is 69.4 Å². The van der Waals surface area contributed by atoms with Crippen molar-refractivity contribution in [1.82, 2.24) is 4.98 Å². The number of hydrogen-bond acceptors (Lipinski definition) is 5. The summed E-state index contributed by atoms with van der Waals surface area (Å²) in [5.41, 5.74) is 8.56. The normalized spacial score (nSPS) is 10.3. The molecular formula is C16H20BrN3O2. The maximum Gasteiger partial charge on any atom is 0.144 e. The molecule has 22 heavy (non-hydrogen) atoms. The zero-order valence-corrected chi connectivity index (χ0v) is 14.3. The van der Waals surface area contributed by atoms with Crippen LogP contribution in [0.1, 0.15) is 18.9 Å². The van der Waals surface area contributed by atoms with Crippen molar-refractivity contribution in [2.75, 3.05) is 24.7 Å². The number of methoxy groups -OCH3 is 1. The van der Waals surface area contributed by atoms with E-state index in [1.54, 1.807) is 19.5 Å². The molecular weight excluding hydrogens is 346 g/mol. The summed E-state index contributed by atoms with van der Waals surface area (Å²) in [6.07, 6.45) is 4.38. The predicted molar refractivity (Wildman–Crippen MR) is 92.5 cm³/mol. The summed E-state index contributed by atoms with van der Waals surface area (Å²) in [6, 6.07) is 5.62. The van der Waals surface area contributed by atoms with Crippen LogP contribution in [0.25, 0.3) is 0 Å². The van der Waals surface area contributed by atoms with Gasteiger partial charge in [-0.15, -0.1) is 0 Å². The van der Waals surface area contributed by atoms with E-state index in [1.807, 2.05) is 18.2 Å². The van der Waals surface area contributed by atoms with E-state index >= 15 is 0 Å². The molecule has 0 aliphatic rings. The first kappa shape index (κ1) is 16.4. The number of nitrogens with one attached hydrogen (secondary N) is 1. The lowest BCUT2D eigenvalue weighted by molar-refractivity contribution is 0.303. The van der Waals surface area contributed by atoms with Gasteiger partial charge < -0.3 is 20.5 Å². The molecule has 0 spiro atoms. The van der Waals surface area contributed by atoms with Crippen molar-refractivity contribution in [2.24, 2.45) is 0 Å². The highest BCUT2D eigenvalue weighted by Crippen LogP contribution is 2.39. The molecule has 2 rings (SSSR count). The number of benzene rings is 1. The summed E-state index contributed by atoms with van der Waals surface area (Å²) < 4.78 is 12.0. The maximum atomic E-state index is 6.21. The third-order valence-electron chi connectivity index (χ3n) is 3.14. The molecule has 0 saturated heterocycles. The molecule has 0 saturated carbocycles. The fourth-order valence-electron chi connectivity index (χ4n) is 2.00. The van der Waals surface area contributed by atoms with Crippen LogP contribution in [0.2, 0.25) is 0 Å². The number of nitrogen functional groups attached to an aromatic ring is 1. The van der Waals surface area contributed by atoms with Gasteiger partial charge in [0.15, 0.2) is 0 Å². The first-order valence-electron chi connectivity index (χ1n) is 7.08. The average Bonchev–Trinajstić information content (AvgIpc) is 2.56. The van der Waals surface area contributed by atoms with Gasteiger partial charge in [0.05, 0.1) is 19.0 Å². The van der Waals surface area contributed by atoms with Crippen LogP contribution in [0.5, 0.6) is 11.5 Å². The van der Waals surface area contributed by atoms with Gasteiger partial charge in [-0.2, -0.15) is 0 Å². The largest absolute Gasteiger partial charge is 0.494 e. The lowest BCUT2D eigenvalue weighted by Crippen LogP contribution is -2.08. The van der Waals surface area contributed by atoms with E-state index in [0.29, 0.717) is 23.8 Å². The van der Waals surface area contributed by atoms with Crippen LogP contribution < -0.4 is 20.5 Å². The molecule has 0 fully saturated rings. The van der Waals surface area contributed by atoms with Crippen molar-refractivity contribution in [3.8, 4) is 11.5 Å². The Hall–Kier alpha value is -1.95. The molecule has 0 unspecified atom stereocenters.